The summed E-state index contributed by atoms with van der Waals surface area (Å²) in [5, 5.41) is 8.33. The van der Waals surface area contributed by atoms with Crippen LogP contribution in [0.15, 0.2) is 59.9 Å². The number of carbonyl (C=O) groups excluding carboxylic acids is 1. The third kappa shape index (κ3) is 4.60. The smallest absolute Gasteiger partial charge is 0.385 e. The summed E-state index contributed by atoms with van der Waals surface area (Å²) in [6.07, 6.45) is 1.58. The molecule has 0 radical (unpaired) electrons. The molecule has 0 unspecified atom stereocenters. The Morgan fingerprint density at radius 2 is 2.04 bits per heavy atom. The second-order valence-electron chi connectivity index (χ2n) is 5.85. The lowest BCUT2D eigenvalue weighted by atomic mass is 10.1. The Labute approximate surface area is 166 Å². The predicted molar refractivity (Wildman–Crippen MR) is 106 cm³/mol. The molecule has 144 valence electrons. The van der Waals surface area contributed by atoms with Gasteiger partial charge in [0.15, 0.2) is 18.3 Å². The van der Waals surface area contributed by atoms with Gasteiger partial charge in [-0.05, 0) is 42.8 Å². The highest BCUT2D eigenvalue weighted by atomic mass is 35.5. The van der Waals surface area contributed by atoms with E-state index in [1.807, 2.05) is 0 Å². The van der Waals surface area contributed by atoms with Gasteiger partial charge in [-0.1, -0.05) is 35.0 Å². The third-order valence-corrected chi connectivity index (χ3v) is 4.12. The maximum atomic E-state index is 12.1. The van der Waals surface area contributed by atoms with Crippen molar-refractivity contribution in [3.05, 3.63) is 76.6 Å². The highest BCUT2D eigenvalue weighted by Crippen LogP contribution is 2.17. The topological polar surface area (TPSA) is 118 Å². The lowest BCUT2D eigenvalue weighted by Crippen LogP contribution is -2.17. The average molecular weight is 400 g/mol. The number of oxime groups is 1. The Morgan fingerprint density at radius 3 is 2.82 bits per heavy atom. The van der Waals surface area contributed by atoms with Crippen molar-refractivity contribution < 1.29 is 14.4 Å². The van der Waals surface area contributed by atoms with Crippen LogP contribution in [-0.2, 0) is 11.6 Å². The van der Waals surface area contributed by atoms with Crippen LogP contribution >= 0.6 is 11.6 Å². The first-order valence-electron chi connectivity index (χ1n) is 8.26. The summed E-state index contributed by atoms with van der Waals surface area (Å²) in [4.78, 5) is 17.0. The Bertz CT molecular complexity index is 1030. The number of benzene rings is 2. The van der Waals surface area contributed by atoms with Gasteiger partial charge in [0.2, 0.25) is 0 Å². The van der Waals surface area contributed by atoms with Gasteiger partial charge in [-0.2, -0.15) is 5.10 Å². The number of hydrogen-bond acceptors (Lipinski definition) is 6. The molecule has 4 N–H and O–H groups in total. The van der Waals surface area contributed by atoms with Gasteiger partial charge < -0.3 is 21.0 Å². The van der Waals surface area contributed by atoms with Gasteiger partial charge >= 0.3 is 5.97 Å². The molecule has 8 nitrogen and oxygen atoms in total. The minimum atomic E-state index is -0.744. The minimum absolute atomic E-state index is 0.0434. The van der Waals surface area contributed by atoms with Crippen LogP contribution in [0, 0.1) is 6.92 Å². The molecule has 0 saturated heterocycles. The fourth-order valence-electron chi connectivity index (χ4n) is 2.36. The fourth-order valence-corrected chi connectivity index (χ4v) is 2.54. The van der Waals surface area contributed by atoms with Crippen LogP contribution in [0.1, 0.15) is 21.6 Å². The van der Waals surface area contributed by atoms with Crippen molar-refractivity contribution in [3.63, 3.8) is 0 Å². The van der Waals surface area contributed by atoms with Crippen LogP contribution in [0.25, 0.3) is 0 Å². The van der Waals surface area contributed by atoms with E-state index in [0.29, 0.717) is 22.0 Å². The molecule has 3 rings (SSSR count). The molecule has 0 bridgehead atoms. The SMILES string of the molecule is Cc1c(N)cccc1/C(N)=N/OC(=O)c1ccn(COc2cccc(Cl)c2)n1. The van der Waals surface area contributed by atoms with E-state index < -0.39 is 5.97 Å². The number of aromatic nitrogens is 2. The van der Waals surface area contributed by atoms with Crippen LogP contribution in [0.5, 0.6) is 5.75 Å². The molecule has 9 heteroatoms. The lowest BCUT2D eigenvalue weighted by molar-refractivity contribution is 0.0507. The van der Waals surface area contributed by atoms with Crippen molar-refractivity contribution >= 4 is 29.1 Å². The molecule has 0 fully saturated rings. The Morgan fingerprint density at radius 1 is 1.25 bits per heavy atom. The standard InChI is InChI=1S/C19H18ClN5O3/c1-12-15(6-3-7-16(12)21)18(22)24-28-19(26)17-8-9-25(23-17)11-27-14-5-2-4-13(20)10-14/h2-10H,11,21H2,1H3,(H2,22,24). The first kappa shape index (κ1) is 19.2. The summed E-state index contributed by atoms with van der Waals surface area (Å²) in [6.45, 7) is 1.90. The summed E-state index contributed by atoms with van der Waals surface area (Å²) in [7, 11) is 0. The Kier molecular flexibility index (Phi) is 5.81. The van der Waals surface area contributed by atoms with Crippen molar-refractivity contribution in [2.24, 2.45) is 10.9 Å². The van der Waals surface area contributed by atoms with E-state index in [-0.39, 0.29) is 18.3 Å². The number of halogens is 1. The van der Waals surface area contributed by atoms with Gasteiger partial charge in [0.25, 0.3) is 0 Å². The van der Waals surface area contributed by atoms with Crippen molar-refractivity contribution in [1.82, 2.24) is 9.78 Å². The van der Waals surface area contributed by atoms with E-state index in [4.69, 9.17) is 32.6 Å². The summed E-state index contributed by atoms with van der Waals surface area (Å²) < 4.78 is 6.99. The summed E-state index contributed by atoms with van der Waals surface area (Å²) in [6, 6.07) is 13.7. The number of hydrogen-bond donors (Lipinski definition) is 2. The molecule has 0 aliphatic heterocycles. The van der Waals surface area contributed by atoms with E-state index in [0.717, 1.165) is 5.56 Å². The molecule has 1 aromatic heterocycles. The van der Waals surface area contributed by atoms with E-state index in [9.17, 15) is 4.79 Å². The zero-order chi connectivity index (χ0) is 20.1. The van der Waals surface area contributed by atoms with Crippen LogP contribution in [0.3, 0.4) is 0 Å². The molecule has 28 heavy (non-hydrogen) atoms. The maximum Gasteiger partial charge on any atom is 0.385 e. The number of nitrogens with zero attached hydrogens (tertiary/aromatic N) is 3. The first-order valence-corrected chi connectivity index (χ1v) is 8.64. The number of ether oxygens (including phenoxy) is 1. The summed E-state index contributed by atoms with van der Waals surface area (Å²) in [5.74, 6) is -0.116. The van der Waals surface area contributed by atoms with Crippen molar-refractivity contribution in [3.8, 4) is 5.75 Å². The number of rotatable bonds is 6. The minimum Gasteiger partial charge on any atom is -0.471 e. The first-order chi connectivity index (χ1) is 13.4. The van der Waals surface area contributed by atoms with E-state index >= 15 is 0 Å². The summed E-state index contributed by atoms with van der Waals surface area (Å²) in [5.41, 5.74) is 13.7. The molecule has 0 spiro atoms. The van der Waals surface area contributed by atoms with Gasteiger partial charge in [-0.3, -0.25) is 0 Å². The quantitative estimate of drug-likeness (QED) is 0.216. The predicted octanol–water partition coefficient (Wildman–Crippen LogP) is 2.94. The van der Waals surface area contributed by atoms with Crippen molar-refractivity contribution in [1.29, 1.82) is 0 Å². The summed E-state index contributed by atoms with van der Waals surface area (Å²) >= 11 is 5.90. The number of amidine groups is 1. The normalized spacial score (nSPS) is 11.3. The molecule has 0 saturated carbocycles. The van der Waals surface area contributed by atoms with Crippen LogP contribution in [-0.4, -0.2) is 21.6 Å². The fraction of sp³-hybridized carbons (Fsp3) is 0.105. The molecule has 2 aromatic carbocycles. The molecular formula is C19H18ClN5O3. The maximum absolute atomic E-state index is 12.1. The van der Waals surface area contributed by atoms with E-state index in [1.165, 1.54) is 10.7 Å². The Balaban J connectivity index is 1.61. The lowest BCUT2D eigenvalue weighted by Gasteiger charge is -2.07. The van der Waals surface area contributed by atoms with Crippen molar-refractivity contribution in [2.45, 2.75) is 13.7 Å². The molecule has 0 aliphatic carbocycles. The van der Waals surface area contributed by atoms with Gasteiger partial charge in [0.1, 0.15) is 5.75 Å². The highest BCUT2D eigenvalue weighted by Gasteiger charge is 2.13. The van der Waals surface area contributed by atoms with Gasteiger partial charge in [-0.25, -0.2) is 9.48 Å². The second kappa shape index (κ2) is 8.45. The molecular weight excluding hydrogens is 382 g/mol. The Hall–Kier alpha value is -3.52. The third-order valence-electron chi connectivity index (χ3n) is 3.89. The largest absolute Gasteiger partial charge is 0.471 e. The van der Waals surface area contributed by atoms with E-state index in [2.05, 4.69) is 10.3 Å². The van der Waals surface area contributed by atoms with Crippen LogP contribution < -0.4 is 16.2 Å². The molecule has 1 heterocycles. The zero-order valence-electron chi connectivity index (χ0n) is 15.0. The highest BCUT2D eigenvalue weighted by molar-refractivity contribution is 6.30. The van der Waals surface area contributed by atoms with Crippen molar-refractivity contribution in [2.75, 3.05) is 5.73 Å². The molecule has 3 aromatic rings. The number of nitrogen functional groups attached to an aromatic ring is 1. The van der Waals surface area contributed by atoms with Gasteiger partial charge in [0, 0.05) is 22.5 Å². The number of anilines is 1. The van der Waals surface area contributed by atoms with E-state index in [1.54, 1.807) is 55.6 Å². The molecule has 0 atom stereocenters. The van der Waals surface area contributed by atoms with Gasteiger partial charge in [-0.15, -0.1) is 0 Å². The van der Waals surface area contributed by atoms with Crippen LogP contribution in [0.4, 0.5) is 5.69 Å². The molecule has 0 aliphatic rings. The average Bonchev–Trinajstić information content (AvgIpc) is 3.15. The zero-order valence-corrected chi connectivity index (χ0v) is 15.8. The number of carbonyl (C=O) groups is 1. The van der Waals surface area contributed by atoms with Gasteiger partial charge in [0.05, 0.1) is 0 Å². The van der Waals surface area contributed by atoms with Crippen LogP contribution in [0.2, 0.25) is 5.02 Å². The second-order valence-corrected chi connectivity index (χ2v) is 6.28. The monoisotopic (exact) mass is 399 g/mol. The number of nitrogens with two attached hydrogens (primary N) is 2. The molecule has 0 amide bonds.